The number of benzene rings is 3. The summed E-state index contributed by atoms with van der Waals surface area (Å²) < 4.78 is 39.8. The van der Waals surface area contributed by atoms with Gasteiger partial charge in [-0.1, -0.05) is 48.0 Å². The average Bonchev–Trinajstić information content (AvgIpc) is 3.04. The van der Waals surface area contributed by atoms with Crippen LogP contribution in [-0.2, 0) is 15.8 Å². The summed E-state index contributed by atoms with van der Waals surface area (Å²) in [5.74, 6) is -2.47. The van der Waals surface area contributed by atoms with Crippen LogP contribution < -0.4 is 4.90 Å². The molecule has 0 aliphatic carbocycles. The third-order valence-electron chi connectivity index (χ3n) is 5.13. The second kappa shape index (κ2) is 8.16. The van der Waals surface area contributed by atoms with Crippen LogP contribution in [0.25, 0.3) is 5.76 Å². The summed E-state index contributed by atoms with van der Waals surface area (Å²) in [5.41, 5.74) is -0.578. The first-order valence-electron chi connectivity index (χ1n) is 9.47. The van der Waals surface area contributed by atoms with Crippen LogP contribution in [0.15, 0.2) is 84.4 Å². The molecule has 1 fully saturated rings. The van der Waals surface area contributed by atoms with Crippen molar-refractivity contribution in [1.29, 1.82) is 0 Å². The quantitative estimate of drug-likeness (QED) is 0.299. The largest absolute Gasteiger partial charge is 0.507 e. The number of anilines is 1. The highest BCUT2D eigenvalue weighted by molar-refractivity contribution is 6.51. The van der Waals surface area contributed by atoms with Crippen LogP contribution >= 0.6 is 11.6 Å². The first-order valence-corrected chi connectivity index (χ1v) is 9.85. The zero-order valence-electron chi connectivity index (χ0n) is 16.3. The Bertz CT molecular complexity index is 1220. The van der Waals surface area contributed by atoms with E-state index in [1.807, 2.05) is 0 Å². The molecule has 4 rings (SSSR count). The smallest absolute Gasteiger partial charge is 0.416 e. The van der Waals surface area contributed by atoms with E-state index in [1.165, 1.54) is 36.4 Å². The van der Waals surface area contributed by atoms with Crippen LogP contribution in [0.1, 0.15) is 22.7 Å². The first kappa shape index (κ1) is 21.6. The predicted octanol–water partition coefficient (Wildman–Crippen LogP) is 5.99. The maximum absolute atomic E-state index is 13.3. The second-order valence-corrected chi connectivity index (χ2v) is 7.57. The molecule has 0 aromatic heterocycles. The summed E-state index contributed by atoms with van der Waals surface area (Å²) in [7, 11) is 0. The number of amides is 1. The van der Waals surface area contributed by atoms with Gasteiger partial charge in [0, 0.05) is 16.3 Å². The van der Waals surface area contributed by atoms with Gasteiger partial charge in [0.2, 0.25) is 0 Å². The fourth-order valence-electron chi connectivity index (χ4n) is 3.64. The fraction of sp³-hybridized carbons (Fsp3) is 0.0833. The lowest BCUT2D eigenvalue weighted by atomic mass is 9.95. The zero-order chi connectivity index (χ0) is 23.0. The lowest BCUT2D eigenvalue weighted by Crippen LogP contribution is -2.29. The molecule has 0 saturated carbocycles. The summed E-state index contributed by atoms with van der Waals surface area (Å²) in [6, 6.07) is 17.4. The van der Waals surface area contributed by atoms with E-state index in [-0.39, 0.29) is 16.8 Å². The number of rotatable bonds is 3. The van der Waals surface area contributed by atoms with E-state index >= 15 is 0 Å². The molecule has 32 heavy (non-hydrogen) atoms. The van der Waals surface area contributed by atoms with Gasteiger partial charge in [0.25, 0.3) is 11.7 Å². The van der Waals surface area contributed by atoms with Gasteiger partial charge in [-0.2, -0.15) is 13.2 Å². The highest BCUT2D eigenvalue weighted by Crippen LogP contribution is 2.43. The standard InChI is InChI=1S/C24H15ClF3NO3/c25-17-11-9-15(10-12-17)21(30)19-20(14-5-2-1-3-6-14)29(23(32)22(19)31)18-8-4-7-16(13-18)24(26,27)28/h1-13,20,30H/b21-19-. The van der Waals surface area contributed by atoms with Crippen molar-refractivity contribution >= 4 is 34.7 Å². The lowest BCUT2D eigenvalue weighted by molar-refractivity contribution is -0.137. The van der Waals surface area contributed by atoms with E-state index in [0.717, 1.165) is 17.0 Å². The van der Waals surface area contributed by atoms with Crippen LogP contribution in [0, 0.1) is 0 Å². The number of alkyl halides is 3. The molecule has 1 aliphatic heterocycles. The van der Waals surface area contributed by atoms with Gasteiger partial charge < -0.3 is 5.11 Å². The Balaban J connectivity index is 1.93. The molecular formula is C24H15ClF3NO3. The number of nitrogens with zero attached hydrogens (tertiary/aromatic N) is 1. The van der Waals surface area contributed by atoms with Gasteiger partial charge in [0.15, 0.2) is 0 Å². The number of carbonyl (C=O) groups is 2. The van der Waals surface area contributed by atoms with Gasteiger partial charge in [-0.3, -0.25) is 14.5 Å². The van der Waals surface area contributed by atoms with Gasteiger partial charge in [0.05, 0.1) is 17.2 Å². The number of ketones is 1. The van der Waals surface area contributed by atoms with E-state index in [0.29, 0.717) is 10.6 Å². The molecule has 3 aromatic carbocycles. The van der Waals surface area contributed by atoms with Crippen molar-refractivity contribution in [1.82, 2.24) is 0 Å². The number of carbonyl (C=O) groups excluding carboxylic acids is 2. The Kier molecular flexibility index (Phi) is 5.52. The molecule has 1 N–H and O–H groups in total. The summed E-state index contributed by atoms with van der Waals surface area (Å²) in [4.78, 5) is 26.9. The van der Waals surface area contributed by atoms with Crippen LogP contribution in [0.5, 0.6) is 0 Å². The third-order valence-corrected chi connectivity index (χ3v) is 5.38. The number of aliphatic hydroxyl groups is 1. The van der Waals surface area contributed by atoms with E-state index in [1.54, 1.807) is 30.3 Å². The molecule has 1 heterocycles. The van der Waals surface area contributed by atoms with Crippen LogP contribution in [0.2, 0.25) is 5.02 Å². The minimum Gasteiger partial charge on any atom is -0.507 e. The van der Waals surface area contributed by atoms with Crippen molar-refractivity contribution in [3.05, 3.63) is 106 Å². The molecule has 0 bridgehead atoms. The molecule has 0 spiro atoms. The monoisotopic (exact) mass is 457 g/mol. The van der Waals surface area contributed by atoms with Crippen molar-refractivity contribution in [2.24, 2.45) is 0 Å². The van der Waals surface area contributed by atoms with Crippen molar-refractivity contribution in [2.75, 3.05) is 4.90 Å². The van der Waals surface area contributed by atoms with Gasteiger partial charge in [-0.15, -0.1) is 0 Å². The number of hydrogen-bond donors (Lipinski definition) is 1. The number of hydrogen-bond acceptors (Lipinski definition) is 3. The molecule has 3 aromatic rings. The van der Waals surface area contributed by atoms with Crippen LogP contribution in [0.4, 0.5) is 18.9 Å². The highest BCUT2D eigenvalue weighted by atomic mass is 35.5. The molecular weight excluding hydrogens is 443 g/mol. The maximum atomic E-state index is 13.3. The van der Waals surface area contributed by atoms with Crippen molar-refractivity contribution < 1.29 is 27.9 Å². The van der Waals surface area contributed by atoms with Crippen LogP contribution in [0.3, 0.4) is 0 Å². The molecule has 0 radical (unpaired) electrons. The fourth-order valence-corrected chi connectivity index (χ4v) is 3.77. The van der Waals surface area contributed by atoms with E-state index in [2.05, 4.69) is 0 Å². The Morgan fingerprint density at radius 1 is 0.906 bits per heavy atom. The van der Waals surface area contributed by atoms with E-state index < -0.39 is 35.2 Å². The van der Waals surface area contributed by atoms with E-state index in [4.69, 9.17) is 11.6 Å². The van der Waals surface area contributed by atoms with E-state index in [9.17, 15) is 27.9 Å². The molecule has 1 amide bonds. The summed E-state index contributed by atoms with van der Waals surface area (Å²) in [6.45, 7) is 0. The number of aliphatic hydroxyl groups excluding tert-OH is 1. The Morgan fingerprint density at radius 3 is 2.19 bits per heavy atom. The van der Waals surface area contributed by atoms with Crippen LogP contribution in [-0.4, -0.2) is 16.8 Å². The topological polar surface area (TPSA) is 57.6 Å². The summed E-state index contributed by atoms with van der Waals surface area (Å²) in [5, 5.41) is 11.3. The Hall–Kier alpha value is -3.58. The zero-order valence-corrected chi connectivity index (χ0v) is 17.1. The number of Topliss-reactive ketones (excluding diaryl/α,β-unsaturated/α-hetero) is 1. The second-order valence-electron chi connectivity index (χ2n) is 7.13. The van der Waals surface area contributed by atoms with Gasteiger partial charge >= 0.3 is 6.18 Å². The molecule has 1 atom stereocenters. The predicted molar refractivity (Wildman–Crippen MR) is 114 cm³/mol. The highest BCUT2D eigenvalue weighted by Gasteiger charge is 2.47. The number of halogens is 4. The molecule has 1 aliphatic rings. The lowest BCUT2D eigenvalue weighted by Gasteiger charge is -2.26. The summed E-state index contributed by atoms with van der Waals surface area (Å²) >= 11 is 5.89. The Labute approximate surface area is 186 Å². The first-order chi connectivity index (χ1) is 15.2. The SMILES string of the molecule is O=C1C(=O)N(c2cccc(C(F)(F)F)c2)C(c2ccccc2)/C1=C(/O)c1ccc(Cl)cc1. The van der Waals surface area contributed by atoms with Crippen molar-refractivity contribution in [2.45, 2.75) is 12.2 Å². The van der Waals surface area contributed by atoms with Gasteiger partial charge in [-0.05, 0) is 48.0 Å². The Morgan fingerprint density at radius 2 is 1.56 bits per heavy atom. The molecule has 1 saturated heterocycles. The molecule has 1 unspecified atom stereocenters. The normalized spacial score (nSPS) is 18.2. The molecule has 4 nitrogen and oxygen atoms in total. The van der Waals surface area contributed by atoms with Gasteiger partial charge in [0.1, 0.15) is 5.76 Å². The maximum Gasteiger partial charge on any atom is 0.416 e. The minimum absolute atomic E-state index is 0.106. The summed E-state index contributed by atoms with van der Waals surface area (Å²) in [6.07, 6.45) is -4.63. The average molecular weight is 458 g/mol. The van der Waals surface area contributed by atoms with Gasteiger partial charge in [-0.25, -0.2) is 0 Å². The van der Waals surface area contributed by atoms with Crippen molar-refractivity contribution in [3.63, 3.8) is 0 Å². The minimum atomic E-state index is -4.63. The molecule has 8 heteroatoms. The third kappa shape index (κ3) is 3.87. The molecule has 162 valence electrons. The van der Waals surface area contributed by atoms with Crippen molar-refractivity contribution in [3.8, 4) is 0 Å².